The summed E-state index contributed by atoms with van der Waals surface area (Å²) in [7, 11) is 0. The summed E-state index contributed by atoms with van der Waals surface area (Å²) in [5, 5.41) is 7.46. The molecule has 0 radical (unpaired) electrons. The zero-order valence-corrected chi connectivity index (χ0v) is 20.2. The summed E-state index contributed by atoms with van der Waals surface area (Å²) < 4.78 is 5.50. The number of rotatable bonds is 10. The standard InChI is InChI=1S/C26H25Cl2N3O3/c1-2-3-4-18-5-9-20(10-6-18)26(33)31-29-16-19-7-12-22(13-8-19)34-17-25(32)30-21-11-14-23(27)24(28)15-21/h5-16H,2-4,17H2,1H3,(H,30,32)(H,31,33)/b29-16+. The van der Waals surface area contributed by atoms with Crippen molar-refractivity contribution in [1.82, 2.24) is 5.43 Å². The molecule has 0 spiro atoms. The molecule has 176 valence electrons. The van der Waals surface area contributed by atoms with E-state index in [9.17, 15) is 9.59 Å². The minimum absolute atomic E-state index is 0.166. The fraction of sp³-hybridized carbons (Fsp3) is 0.192. The number of hydrogen-bond acceptors (Lipinski definition) is 4. The molecule has 0 heterocycles. The van der Waals surface area contributed by atoms with Crippen molar-refractivity contribution in [2.75, 3.05) is 11.9 Å². The van der Waals surface area contributed by atoms with E-state index in [2.05, 4.69) is 22.8 Å². The van der Waals surface area contributed by atoms with Crippen LogP contribution in [0.5, 0.6) is 5.75 Å². The van der Waals surface area contributed by atoms with Crippen LogP contribution in [0.25, 0.3) is 0 Å². The van der Waals surface area contributed by atoms with Crippen molar-refractivity contribution in [2.45, 2.75) is 26.2 Å². The monoisotopic (exact) mass is 497 g/mol. The molecule has 2 N–H and O–H groups in total. The maximum absolute atomic E-state index is 12.2. The normalized spacial score (nSPS) is 10.8. The average molecular weight is 498 g/mol. The van der Waals surface area contributed by atoms with E-state index < -0.39 is 0 Å². The number of nitrogens with zero attached hydrogens (tertiary/aromatic N) is 1. The third-order valence-corrected chi connectivity index (χ3v) is 5.61. The first-order valence-corrected chi connectivity index (χ1v) is 11.6. The lowest BCUT2D eigenvalue weighted by Gasteiger charge is -2.08. The molecule has 6 nitrogen and oxygen atoms in total. The second-order valence-corrected chi connectivity index (χ2v) is 8.35. The molecule has 0 aromatic heterocycles. The van der Waals surface area contributed by atoms with Gasteiger partial charge in [0, 0.05) is 11.3 Å². The van der Waals surface area contributed by atoms with Gasteiger partial charge in [0.25, 0.3) is 11.8 Å². The van der Waals surface area contributed by atoms with Crippen molar-refractivity contribution in [1.29, 1.82) is 0 Å². The Hall–Kier alpha value is -3.35. The predicted octanol–water partition coefficient (Wildman–Crippen LogP) is 6.12. The van der Waals surface area contributed by atoms with Crippen LogP contribution < -0.4 is 15.5 Å². The van der Waals surface area contributed by atoms with Crippen LogP contribution in [0.1, 0.15) is 41.3 Å². The van der Waals surface area contributed by atoms with Crippen LogP contribution >= 0.6 is 23.2 Å². The molecule has 0 atom stereocenters. The van der Waals surface area contributed by atoms with Gasteiger partial charge in [-0.2, -0.15) is 5.10 Å². The molecule has 2 amide bonds. The van der Waals surface area contributed by atoms with Crippen molar-refractivity contribution >= 4 is 46.9 Å². The van der Waals surface area contributed by atoms with E-state index in [0.29, 0.717) is 27.0 Å². The topological polar surface area (TPSA) is 79.8 Å². The first-order valence-electron chi connectivity index (χ1n) is 10.8. The van der Waals surface area contributed by atoms with Gasteiger partial charge in [-0.1, -0.05) is 48.7 Å². The molecule has 0 aliphatic rings. The average Bonchev–Trinajstić information content (AvgIpc) is 2.85. The Morgan fingerprint density at radius 2 is 1.71 bits per heavy atom. The molecule has 8 heteroatoms. The van der Waals surface area contributed by atoms with Crippen LogP contribution in [0.2, 0.25) is 10.0 Å². The van der Waals surface area contributed by atoms with Gasteiger partial charge in [-0.25, -0.2) is 5.43 Å². The number of nitrogens with one attached hydrogen (secondary N) is 2. The fourth-order valence-corrected chi connectivity index (χ4v) is 3.30. The number of hydrazone groups is 1. The highest BCUT2D eigenvalue weighted by Gasteiger charge is 2.06. The Kier molecular flexibility index (Phi) is 9.50. The van der Waals surface area contributed by atoms with Crippen LogP contribution in [0.15, 0.2) is 71.8 Å². The number of benzene rings is 3. The second-order valence-electron chi connectivity index (χ2n) is 7.53. The summed E-state index contributed by atoms with van der Waals surface area (Å²) in [5.74, 6) is -0.0787. The number of hydrogen-bond donors (Lipinski definition) is 2. The van der Waals surface area contributed by atoms with Crippen LogP contribution in [-0.2, 0) is 11.2 Å². The molecule has 0 fully saturated rings. The lowest BCUT2D eigenvalue weighted by atomic mass is 10.1. The molecule has 0 saturated heterocycles. The molecule has 3 aromatic rings. The molecule has 0 bridgehead atoms. The maximum atomic E-state index is 12.2. The maximum Gasteiger partial charge on any atom is 0.271 e. The van der Waals surface area contributed by atoms with Crippen molar-refractivity contribution in [3.8, 4) is 5.75 Å². The number of aryl methyl sites for hydroxylation is 1. The number of ether oxygens (including phenoxy) is 1. The lowest BCUT2D eigenvalue weighted by molar-refractivity contribution is -0.118. The molecular formula is C26H25Cl2N3O3. The third kappa shape index (κ3) is 7.90. The van der Waals surface area contributed by atoms with Crippen LogP contribution in [-0.4, -0.2) is 24.6 Å². The molecule has 0 aliphatic carbocycles. The first kappa shape index (κ1) is 25.3. The molecular weight excluding hydrogens is 473 g/mol. The highest BCUT2D eigenvalue weighted by molar-refractivity contribution is 6.42. The van der Waals surface area contributed by atoms with Gasteiger partial charge in [-0.05, 0) is 78.6 Å². The lowest BCUT2D eigenvalue weighted by Crippen LogP contribution is -2.20. The van der Waals surface area contributed by atoms with Gasteiger partial charge in [-0.15, -0.1) is 0 Å². The fourth-order valence-electron chi connectivity index (χ4n) is 3.00. The highest BCUT2D eigenvalue weighted by atomic mass is 35.5. The SMILES string of the molecule is CCCCc1ccc(C(=O)N/N=C/c2ccc(OCC(=O)Nc3ccc(Cl)c(Cl)c3)cc2)cc1. The summed E-state index contributed by atoms with van der Waals surface area (Å²) in [6, 6.07) is 19.3. The molecule has 0 saturated carbocycles. The van der Waals surface area contributed by atoms with E-state index in [0.717, 1.165) is 24.8 Å². The van der Waals surface area contributed by atoms with Crippen molar-refractivity contribution in [2.24, 2.45) is 5.10 Å². The number of carbonyl (C=O) groups excluding carboxylic acids is 2. The summed E-state index contributed by atoms with van der Waals surface area (Å²) in [6.07, 6.45) is 4.82. The number of halogens is 2. The molecule has 3 aromatic carbocycles. The highest BCUT2D eigenvalue weighted by Crippen LogP contribution is 2.25. The van der Waals surface area contributed by atoms with Gasteiger partial charge < -0.3 is 10.1 Å². The molecule has 0 aliphatic heterocycles. The van der Waals surface area contributed by atoms with E-state index in [1.54, 1.807) is 54.6 Å². The van der Waals surface area contributed by atoms with Crippen molar-refractivity contribution in [3.05, 3.63) is 93.5 Å². The van der Waals surface area contributed by atoms with E-state index in [1.807, 2.05) is 12.1 Å². The second kappa shape index (κ2) is 12.8. The van der Waals surface area contributed by atoms with Gasteiger partial charge in [-0.3, -0.25) is 9.59 Å². The minimum Gasteiger partial charge on any atom is -0.484 e. The summed E-state index contributed by atoms with van der Waals surface area (Å²) in [6.45, 7) is 1.99. The Morgan fingerprint density at radius 3 is 2.38 bits per heavy atom. The summed E-state index contributed by atoms with van der Waals surface area (Å²) in [5.41, 5.74) is 5.60. The van der Waals surface area contributed by atoms with Crippen molar-refractivity contribution < 1.29 is 14.3 Å². The van der Waals surface area contributed by atoms with Gasteiger partial charge in [0.05, 0.1) is 16.3 Å². The molecule has 34 heavy (non-hydrogen) atoms. The smallest absolute Gasteiger partial charge is 0.271 e. The Labute approximate surface area is 208 Å². The summed E-state index contributed by atoms with van der Waals surface area (Å²) in [4.78, 5) is 24.3. The molecule has 0 unspecified atom stereocenters. The Balaban J connectivity index is 1.44. The van der Waals surface area contributed by atoms with Gasteiger partial charge >= 0.3 is 0 Å². The van der Waals surface area contributed by atoms with Crippen LogP contribution in [0, 0.1) is 0 Å². The zero-order valence-electron chi connectivity index (χ0n) is 18.7. The van der Waals surface area contributed by atoms with Gasteiger partial charge in [0.2, 0.25) is 0 Å². The number of anilines is 1. The largest absolute Gasteiger partial charge is 0.484 e. The van der Waals surface area contributed by atoms with E-state index in [4.69, 9.17) is 27.9 Å². The minimum atomic E-state index is -0.329. The van der Waals surface area contributed by atoms with Crippen molar-refractivity contribution in [3.63, 3.8) is 0 Å². The Bertz CT molecular complexity index is 1150. The first-order chi connectivity index (χ1) is 16.4. The van der Waals surface area contributed by atoms with E-state index in [1.165, 1.54) is 11.8 Å². The molecule has 3 rings (SSSR count). The number of unbranched alkanes of at least 4 members (excludes halogenated alkanes) is 1. The van der Waals surface area contributed by atoms with Crippen LogP contribution in [0.3, 0.4) is 0 Å². The predicted molar refractivity (Wildman–Crippen MR) is 137 cm³/mol. The summed E-state index contributed by atoms with van der Waals surface area (Å²) >= 11 is 11.8. The van der Waals surface area contributed by atoms with Gasteiger partial charge in [0.15, 0.2) is 6.61 Å². The number of amides is 2. The van der Waals surface area contributed by atoms with Gasteiger partial charge in [0.1, 0.15) is 5.75 Å². The zero-order chi connectivity index (χ0) is 24.3. The van der Waals surface area contributed by atoms with Crippen LogP contribution in [0.4, 0.5) is 5.69 Å². The van der Waals surface area contributed by atoms with E-state index >= 15 is 0 Å². The quantitative estimate of drug-likeness (QED) is 0.261. The third-order valence-electron chi connectivity index (χ3n) is 4.87. The van der Waals surface area contributed by atoms with E-state index in [-0.39, 0.29) is 18.4 Å². The Morgan fingerprint density at radius 1 is 0.971 bits per heavy atom. The number of carbonyl (C=O) groups is 2.